The van der Waals surface area contributed by atoms with Crippen LogP contribution in [0.25, 0.3) is 0 Å². The van der Waals surface area contributed by atoms with Crippen molar-refractivity contribution in [2.24, 2.45) is 5.92 Å². The van der Waals surface area contributed by atoms with E-state index in [0.29, 0.717) is 22.0 Å². The first-order valence-corrected chi connectivity index (χ1v) is 11.5. The van der Waals surface area contributed by atoms with Crippen molar-refractivity contribution in [3.8, 4) is 5.75 Å². The molecule has 1 atom stereocenters. The first-order chi connectivity index (χ1) is 15.8. The smallest absolute Gasteiger partial charge is 0.341 e. The van der Waals surface area contributed by atoms with Crippen molar-refractivity contribution in [2.75, 3.05) is 30.4 Å². The predicted molar refractivity (Wildman–Crippen MR) is 123 cm³/mol. The molecule has 0 radical (unpaired) electrons. The van der Waals surface area contributed by atoms with Crippen LogP contribution in [-0.4, -0.2) is 50.0 Å². The molecule has 1 aromatic carbocycles. The van der Waals surface area contributed by atoms with E-state index in [1.807, 2.05) is 6.92 Å². The number of rotatable bonds is 6. The highest BCUT2D eigenvalue weighted by molar-refractivity contribution is 7.16. The molecule has 0 spiro atoms. The highest BCUT2D eigenvalue weighted by Gasteiger charge is 2.35. The van der Waals surface area contributed by atoms with E-state index in [-0.39, 0.29) is 29.8 Å². The lowest BCUT2D eigenvalue weighted by molar-refractivity contribution is -0.128. The van der Waals surface area contributed by atoms with Crippen molar-refractivity contribution < 1.29 is 28.7 Å². The van der Waals surface area contributed by atoms with Gasteiger partial charge in [-0.15, -0.1) is 11.3 Å². The van der Waals surface area contributed by atoms with Crippen molar-refractivity contribution in [2.45, 2.75) is 32.8 Å². The second kappa shape index (κ2) is 9.22. The van der Waals surface area contributed by atoms with Crippen LogP contribution in [0, 0.1) is 19.8 Å². The number of likely N-dealkylation sites (N-methyl/N-ethyl adjacent to an activating group) is 1. The van der Waals surface area contributed by atoms with E-state index in [9.17, 15) is 19.2 Å². The van der Waals surface area contributed by atoms with Gasteiger partial charge in [-0.25, -0.2) is 4.79 Å². The maximum Gasteiger partial charge on any atom is 0.341 e. The number of nitrogens with zero attached hydrogens (tertiary/aromatic N) is 1. The Bertz CT molecular complexity index is 1120. The van der Waals surface area contributed by atoms with Crippen LogP contribution >= 0.6 is 11.3 Å². The summed E-state index contributed by atoms with van der Waals surface area (Å²) in [6.45, 7) is 3.12. The van der Waals surface area contributed by atoms with Crippen LogP contribution in [0.1, 0.15) is 33.6 Å². The predicted octanol–water partition coefficient (Wildman–Crippen LogP) is 2.41. The summed E-state index contributed by atoms with van der Waals surface area (Å²) in [7, 11) is 1.49. The summed E-state index contributed by atoms with van der Waals surface area (Å²) in [5, 5.41) is 5.79. The summed E-state index contributed by atoms with van der Waals surface area (Å²) in [5.74, 6) is -1.24. The molecule has 2 heterocycles. The van der Waals surface area contributed by atoms with Crippen LogP contribution in [0.2, 0.25) is 0 Å². The third-order valence-electron chi connectivity index (χ3n) is 5.71. The van der Waals surface area contributed by atoms with Gasteiger partial charge in [-0.2, -0.15) is 0 Å². The fraction of sp³-hybridized carbons (Fsp3) is 0.391. The third-order valence-corrected chi connectivity index (χ3v) is 6.84. The molecule has 1 fully saturated rings. The van der Waals surface area contributed by atoms with E-state index < -0.39 is 24.6 Å². The standard InChI is InChI=1S/C23H25N3O6S/c1-12-13(2)33-22(25-20(28)14-8-9-14)19(12)23(30)31-11-18(27)26-10-17(21(29)24-3)32-16-7-5-4-6-15(16)26/h4-7,14,17H,8-11H2,1-3H3,(H,24,29)(H,25,28)/t17-/m0/s1. The zero-order chi connectivity index (χ0) is 23.7. The first-order valence-electron chi connectivity index (χ1n) is 10.7. The van der Waals surface area contributed by atoms with Gasteiger partial charge in [-0.1, -0.05) is 12.1 Å². The number of carbonyl (C=O) groups excluding carboxylic acids is 4. The number of carbonyl (C=O) groups is 4. The molecule has 1 aromatic heterocycles. The summed E-state index contributed by atoms with van der Waals surface area (Å²) in [6.07, 6.45) is 0.818. The molecule has 10 heteroatoms. The Kier molecular flexibility index (Phi) is 6.37. The molecule has 0 bridgehead atoms. The van der Waals surface area contributed by atoms with Crippen molar-refractivity contribution in [3.05, 3.63) is 40.3 Å². The van der Waals surface area contributed by atoms with Gasteiger partial charge in [0.2, 0.25) is 5.91 Å². The lowest BCUT2D eigenvalue weighted by Gasteiger charge is -2.33. The van der Waals surface area contributed by atoms with E-state index in [1.165, 1.54) is 23.3 Å². The molecule has 0 unspecified atom stereocenters. The van der Waals surface area contributed by atoms with Crippen molar-refractivity contribution in [1.29, 1.82) is 0 Å². The molecule has 4 rings (SSSR count). The Morgan fingerprint density at radius 3 is 2.58 bits per heavy atom. The highest BCUT2D eigenvalue weighted by atomic mass is 32.1. The number of amides is 3. The minimum Gasteiger partial charge on any atom is -0.477 e. The molecule has 33 heavy (non-hydrogen) atoms. The molecule has 9 nitrogen and oxygen atoms in total. The molecule has 2 aliphatic rings. The number of hydrogen-bond acceptors (Lipinski definition) is 7. The zero-order valence-corrected chi connectivity index (χ0v) is 19.4. The molecule has 2 aromatic rings. The monoisotopic (exact) mass is 471 g/mol. The number of para-hydroxylation sites is 2. The Morgan fingerprint density at radius 2 is 1.88 bits per heavy atom. The van der Waals surface area contributed by atoms with Gasteiger partial charge in [0.25, 0.3) is 11.8 Å². The first kappa shape index (κ1) is 22.8. The molecule has 174 valence electrons. The Balaban J connectivity index is 1.48. The number of ether oxygens (including phenoxy) is 2. The van der Waals surface area contributed by atoms with Crippen LogP contribution < -0.4 is 20.3 Å². The van der Waals surface area contributed by atoms with E-state index in [4.69, 9.17) is 9.47 Å². The lowest BCUT2D eigenvalue weighted by atomic mass is 10.1. The molecular formula is C23H25N3O6S. The Labute approximate surface area is 195 Å². The summed E-state index contributed by atoms with van der Waals surface area (Å²) < 4.78 is 11.1. The number of hydrogen-bond donors (Lipinski definition) is 2. The lowest BCUT2D eigenvalue weighted by Crippen LogP contribution is -2.51. The summed E-state index contributed by atoms with van der Waals surface area (Å²) >= 11 is 1.31. The van der Waals surface area contributed by atoms with Gasteiger partial charge < -0.3 is 25.0 Å². The average Bonchev–Trinajstić information content (AvgIpc) is 3.62. The molecule has 3 amide bonds. The van der Waals surface area contributed by atoms with Gasteiger partial charge in [0.1, 0.15) is 10.8 Å². The molecular weight excluding hydrogens is 446 g/mol. The van der Waals surface area contributed by atoms with Crippen LogP contribution in [0.4, 0.5) is 10.7 Å². The number of thiophene rings is 1. The number of anilines is 2. The third kappa shape index (κ3) is 4.70. The highest BCUT2D eigenvalue weighted by Crippen LogP contribution is 2.36. The normalized spacial score (nSPS) is 16.9. The van der Waals surface area contributed by atoms with Gasteiger partial charge in [-0.05, 0) is 44.4 Å². The second-order valence-electron chi connectivity index (χ2n) is 8.02. The molecule has 1 aliphatic heterocycles. The van der Waals surface area contributed by atoms with Crippen molar-refractivity contribution in [3.63, 3.8) is 0 Å². The minimum absolute atomic E-state index is 0.00665. The zero-order valence-electron chi connectivity index (χ0n) is 18.6. The number of fused-ring (bicyclic) bond motifs is 1. The maximum atomic E-state index is 13.0. The number of aryl methyl sites for hydroxylation is 1. The van der Waals surface area contributed by atoms with E-state index in [0.717, 1.165) is 17.7 Å². The second-order valence-corrected chi connectivity index (χ2v) is 9.24. The summed E-state index contributed by atoms with van der Waals surface area (Å²) in [6, 6.07) is 6.87. The van der Waals surface area contributed by atoms with Gasteiger partial charge in [-0.3, -0.25) is 14.4 Å². The summed E-state index contributed by atoms with van der Waals surface area (Å²) in [5.41, 5.74) is 1.48. The van der Waals surface area contributed by atoms with Crippen LogP contribution in [0.3, 0.4) is 0 Å². The average molecular weight is 472 g/mol. The van der Waals surface area contributed by atoms with Gasteiger partial charge >= 0.3 is 5.97 Å². The Hall–Kier alpha value is -3.40. The van der Waals surface area contributed by atoms with Crippen molar-refractivity contribution >= 4 is 45.7 Å². The quantitative estimate of drug-likeness (QED) is 0.626. The fourth-order valence-corrected chi connectivity index (χ4v) is 4.62. The maximum absolute atomic E-state index is 13.0. The van der Waals surface area contributed by atoms with Crippen LogP contribution in [-0.2, 0) is 19.1 Å². The molecule has 1 aliphatic carbocycles. The van der Waals surface area contributed by atoms with E-state index in [2.05, 4.69) is 10.6 Å². The molecule has 0 saturated heterocycles. The van der Waals surface area contributed by atoms with E-state index in [1.54, 1.807) is 31.2 Å². The SMILES string of the molecule is CNC(=O)[C@@H]1CN(C(=O)COC(=O)c2c(NC(=O)C3CC3)sc(C)c2C)c2ccccc2O1. The largest absolute Gasteiger partial charge is 0.477 e. The number of esters is 1. The van der Waals surface area contributed by atoms with E-state index >= 15 is 0 Å². The molecule has 1 saturated carbocycles. The Morgan fingerprint density at radius 1 is 1.15 bits per heavy atom. The van der Waals surface area contributed by atoms with Gasteiger partial charge in [0.15, 0.2) is 12.7 Å². The molecule has 2 N–H and O–H groups in total. The summed E-state index contributed by atoms with van der Waals surface area (Å²) in [4.78, 5) is 52.5. The number of benzene rings is 1. The topological polar surface area (TPSA) is 114 Å². The fourth-order valence-electron chi connectivity index (χ4n) is 3.57. The van der Waals surface area contributed by atoms with Crippen molar-refractivity contribution in [1.82, 2.24) is 5.32 Å². The van der Waals surface area contributed by atoms with Crippen LogP contribution in [0.15, 0.2) is 24.3 Å². The number of nitrogens with one attached hydrogen (secondary N) is 2. The van der Waals surface area contributed by atoms with Gasteiger partial charge in [0, 0.05) is 17.8 Å². The minimum atomic E-state index is -0.879. The van der Waals surface area contributed by atoms with Gasteiger partial charge in [0.05, 0.1) is 17.8 Å². The van der Waals surface area contributed by atoms with Crippen LogP contribution in [0.5, 0.6) is 5.75 Å².